The van der Waals surface area contributed by atoms with Crippen LogP contribution >= 0.6 is 22.6 Å². The summed E-state index contributed by atoms with van der Waals surface area (Å²) in [4.78, 5) is 4.65. The molecule has 0 radical (unpaired) electrons. The van der Waals surface area contributed by atoms with Crippen LogP contribution < -0.4 is 0 Å². The minimum atomic E-state index is 0.960. The Kier molecular flexibility index (Phi) is 2.99. The lowest BCUT2D eigenvalue weighted by molar-refractivity contribution is 0.881. The van der Waals surface area contributed by atoms with Gasteiger partial charge in [-0.1, -0.05) is 12.1 Å². The van der Waals surface area contributed by atoms with Gasteiger partial charge in [-0.2, -0.15) is 5.10 Å². The number of imidazole rings is 1. The third-order valence-electron chi connectivity index (χ3n) is 3.35. The van der Waals surface area contributed by atoms with E-state index in [1.807, 2.05) is 23.0 Å². The standard InChI is InChI=1S/C16H11IN4/c17-13-4-7-16-19-15(11-20(16)10-13)12-2-5-14(6-3-12)21-9-1-8-18-21/h1-11H. The van der Waals surface area contributed by atoms with E-state index in [1.54, 1.807) is 6.20 Å². The predicted octanol–water partition coefficient (Wildman–Crippen LogP) is 3.79. The number of halogens is 1. The van der Waals surface area contributed by atoms with Gasteiger partial charge >= 0.3 is 0 Å². The first-order chi connectivity index (χ1) is 10.3. The van der Waals surface area contributed by atoms with Crippen LogP contribution in [0.15, 0.2) is 67.3 Å². The van der Waals surface area contributed by atoms with Crippen molar-refractivity contribution in [2.45, 2.75) is 0 Å². The fourth-order valence-corrected chi connectivity index (χ4v) is 2.79. The molecule has 0 bridgehead atoms. The van der Waals surface area contributed by atoms with Crippen LogP contribution in [0.1, 0.15) is 0 Å². The second-order valence-corrected chi connectivity index (χ2v) is 5.98. The summed E-state index contributed by atoms with van der Waals surface area (Å²) in [6, 6.07) is 14.3. The van der Waals surface area contributed by atoms with Gasteiger partial charge in [0.15, 0.2) is 0 Å². The number of benzene rings is 1. The molecule has 1 aromatic carbocycles. The molecule has 0 aliphatic heterocycles. The average Bonchev–Trinajstić information content (AvgIpc) is 3.16. The van der Waals surface area contributed by atoms with E-state index < -0.39 is 0 Å². The highest BCUT2D eigenvalue weighted by Crippen LogP contribution is 2.21. The van der Waals surface area contributed by atoms with Crippen molar-refractivity contribution in [3.8, 4) is 16.9 Å². The van der Waals surface area contributed by atoms with Gasteiger partial charge in [0.25, 0.3) is 0 Å². The first-order valence-corrected chi connectivity index (χ1v) is 7.62. The monoisotopic (exact) mass is 386 g/mol. The molecule has 0 spiro atoms. The molecule has 0 fully saturated rings. The zero-order chi connectivity index (χ0) is 14.2. The molecule has 0 unspecified atom stereocenters. The Labute approximate surface area is 135 Å². The van der Waals surface area contributed by atoms with E-state index in [0.717, 1.165) is 22.6 Å². The number of hydrogen-bond donors (Lipinski definition) is 0. The van der Waals surface area contributed by atoms with Crippen LogP contribution in [-0.2, 0) is 0 Å². The molecule has 21 heavy (non-hydrogen) atoms. The van der Waals surface area contributed by atoms with Crippen molar-refractivity contribution < 1.29 is 0 Å². The van der Waals surface area contributed by atoms with Crippen molar-refractivity contribution in [2.24, 2.45) is 0 Å². The molecule has 3 heterocycles. The van der Waals surface area contributed by atoms with Gasteiger partial charge in [-0.15, -0.1) is 0 Å². The summed E-state index contributed by atoms with van der Waals surface area (Å²) in [7, 11) is 0. The fraction of sp³-hybridized carbons (Fsp3) is 0. The van der Waals surface area contributed by atoms with Crippen LogP contribution in [0.4, 0.5) is 0 Å². The molecule has 0 atom stereocenters. The molecule has 0 aliphatic carbocycles. The molecule has 3 aromatic heterocycles. The molecule has 102 valence electrons. The summed E-state index contributed by atoms with van der Waals surface area (Å²) in [5, 5.41) is 4.23. The van der Waals surface area contributed by atoms with Gasteiger partial charge < -0.3 is 4.40 Å². The summed E-state index contributed by atoms with van der Waals surface area (Å²) < 4.78 is 5.09. The van der Waals surface area contributed by atoms with Crippen LogP contribution in [0, 0.1) is 3.57 Å². The Bertz CT molecular complexity index is 892. The second kappa shape index (κ2) is 5.00. The van der Waals surface area contributed by atoms with Crippen LogP contribution in [0.2, 0.25) is 0 Å². The molecule has 5 heteroatoms. The molecular weight excluding hydrogens is 375 g/mol. The molecule has 4 aromatic rings. The molecule has 0 amide bonds. The topological polar surface area (TPSA) is 35.1 Å². The largest absolute Gasteiger partial charge is 0.305 e. The fourth-order valence-electron chi connectivity index (χ4n) is 2.31. The smallest absolute Gasteiger partial charge is 0.137 e. The number of pyridine rings is 1. The lowest BCUT2D eigenvalue weighted by Crippen LogP contribution is -1.93. The average molecular weight is 386 g/mol. The van der Waals surface area contributed by atoms with Crippen LogP contribution in [-0.4, -0.2) is 19.2 Å². The lowest BCUT2D eigenvalue weighted by atomic mass is 10.1. The summed E-state index contributed by atoms with van der Waals surface area (Å²) >= 11 is 2.30. The number of aromatic nitrogens is 4. The predicted molar refractivity (Wildman–Crippen MR) is 90.5 cm³/mol. The van der Waals surface area contributed by atoms with Gasteiger partial charge in [0.1, 0.15) is 5.65 Å². The SMILES string of the molecule is Ic1ccc2nc(-c3ccc(-n4cccn4)cc3)cn2c1. The quantitative estimate of drug-likeness (QED) is 0.492. The summed E-state index contributed by atoms with van der Waals surface area (Å²) in [6.07, 6.45) is 7.84. The zero-order valence-electron chi connectivity index (χ0n) is 11.0. The highest BCUT2D eigenvalue weighted by Gasteiger charge is 2.05. The summed E-state index contributed by atoms with van der Waals surface area (Å²) in [5.41, 5.74) is 4.08. The van der Waals surface area contributed by atoms with Gasteiger partial charge in [-0.05, 0) is 52.9 Å². The van der Waals surface area contributed by atoms with E-state index in [4.69, 9.17) is 0 Å². The number of rotatable bonds is 2. The van der Waals surface area contributed by atoms with Gasteiger partial charge in [0.05, 0.1) is 11.4 Å². The maximum atomic E-state index is 4.65. The highest BCUT2D eigenvalue weighted by atomic mass is 127. The van der Waals surface area contributed by atoms with E-state index in [-0.39, 0.29) is 0 Å². The Morgan fingerprint density at radius 2 is 1.81 bits per heavy atom. The van der Waals surface area contributed by atoms with Crippen molar-refractivity contribution in [3.05, 3.63) is 70.8 Å². The van der Waals surface area contributed by atoms with E-state index in [0.29, 0.717) is 0 Å². The first kappa shape index (κ1) is 12.6. The molecule has 0 saturated heterocycles. The summed E-state index contributed by atoms with van der Waals surface area (Å²) in [6.45, 7) is 0. The minimum Gasteiger partial charge on any atom is -0.305 e. The van der Waals surface area contributed by atoms with Crippen molar-refractivity contribution in [3.63, 3.8) is 0 Å². The van der Waals surface area contributed by atoms with Crippen LogP contribution in [0.3, 0.4) is 0 Å². The van der Waals surface area contributed by atoms with E-state index in [9.17, 15) is 0 Å². The Morgan fingerprint density at radius 3 is 2.57 bits per heavy atom. The molecule has 0 N–H and O–H groups in total. The normalized spacial score (nSPS) is 11.1. The van der Waals surface area contributed by atoms with E-state index >= 15 is 0 Å². The zero-order valence-corrected chi connectivity index (χ0v) is 13.2. The van der Waals surface area contributed by atoms with Crippen LogP contribution in [0.25, 0.3) is 22.6 Å². The molecule has 4 rings (SSSR count). The Morgan fingerprint density at radius 1 is 0.952 bits per heavy atom. The van der Waals surface area contributed by atoms with E-state index in [2.05, 4.69) is 79.8 Å². The third-order valence-corrected chi connectivity index (χ3v) is 3.99. The van der Waals surface area contributed by atoms with Crippen LogP contribution in [0.5, 0.6) is 0 Å². The number of hydrogen-bond acceptors (Lipinski definition) is 2. The first-order valence-electron chi connectivity index (χ1n) is 6.54. The Balaban J connectivity index is 1.74. The number of nitrogens with zero attached hydrogens (tertiary/aromatic N) is 4. The Hall–Kier alpha value is -2.15. The molecular formula is C16H11IN4. The molecule has 0 saturated carbocycles. The van der Waals surface area contributed by atoms with Gasteiger partial charge in [-0.25, -0.2) is 9.67 Å². The molecule has 4 nitrogen and oxygen atoms in total. The molecule has 0 aliphatic rings. The number of fused-ring (bicyclic) bond motifs is 1. The summed E-state index contributed by atoms with van der Waals surface area (Å²) in [5.74, 6) is 0. The third kappa shape index (κ3) is 2.33. The van der Waals surface area contributed by atoms with Crippen molar-refractivity contribution in [1.82, 2.24) is 19.2 Å². The maximum Gasteiger partial charge on any atom is 0.137 e. The van der Waals surface area contributed by atoms with Crippen molar-refractivity contribution in [1.29, 1.82) is 0 Å². The second-order valence-electron chi connectivity index (χ2n) is 4.74. The van der Waals surface area contributed by atoms with Gasteiger partial charge in [0.2, 0.25) is 0 Å². The maximum absolute atomic E-state index is 4.65. The van der Waals surface area contributed by atoms with E-state index in [1.165, 1.54) is 3.57 Å². The van der Waals surface area contributed by atoms with Crippen molar-refractivity contribution in [2.75, 3.05) is 0 Å². The minimum absolute atomic E-state index is 0.960. The highest BCUT2D eigenvalue weighted by molar-refractivity contribution is 14.1. The van der Waals surface area contributed by atoms with Gasteiger partial charge in [-0.3, -0.25) is 0 Å². The van der Waals surface area contributed by atoms with Crippen molar-refractivity contribution >= 4 is 28.2 Å². The lowest BCUT2D eigenvalue weighted by Gasteiger charge is -2.02. The van der Waals surface area contributed by atoms with Gasteiger partial charge in [0, 0.05) is 33.9 Å².